The summed E-state index contributed by atoms with van der Waals surface area (Å²) in [5, 5.41) is 9.58. The van der Waals surface area contributed by atoms with Crippen molar-refractivity contribution in [1.29, 1.82) is 0 Å². The van der Waals surface area contributed by atoms with E-state index < -0.39 is 22.6 Å². The van der Waals surface area contributed by atoms with Crippen molar-refractivity contribution in [3.05, 3.63) is 54.1 Å². The lowest BCUT2D eigenvalue weighted by Gasteiger charge is -2.39. The van der Waals surface area contributed by atoms with E-state index in [1.165, 1.54) is 0 Å². The first-order valence-corrected chi connectivity index (χ1v) is 17.2. The van der Waals surface area contributed by atoms with Crippen molar-refractivity contribution in [3.63, 3.8) is 0 Å². The maximum absolute atomic E-state index is 14.8. The van der Waals surface area contributed by atoms with Gasteiger partial charge in [0.1, 0.15) is 6.04 Å². The Kier molecular flexibility index (Phi) is 11.3. The van der Waals surface area contributed by atoms with Crippen LogP contribution in [0.2, 0.25) is 5.02 Å². The number of para-hydroxylation sites is 1. The second kappa shape index (κ2) is 14.3. The summed E-state index contributed by atoms with van der Waals surface area (Å²) < 4.78 is -0.737. The standard InChI is InChI=1S/C32H43BrClN3O4S/c1-5-15-35(16-6-2)29(39)24-25-30(40)37(18-10-8-9-11-19-38)28(32(25)20-22(33)27(24)42-32)31(41)36(17-7-3)26-21(4)13-12-14-23(26)34/h5,7,12-14,22,24-25,27-28,38H,1,3,6,8-11,15-20H2,2,4H3/t22?,24-,25+,27-,28?,32?/m1/s1. The van der Waals surface area contributed by atoms with Crippen molar-refractivity contribution in [2.45, 2.75) is 73.2 Å². The fourth-order valence-corrected chi connectivity index (χ4v) is 11.1. The Morgan fingerprint density at radius 2 is 1.90 bits per heavy atom. The number of halogens is 2. The highest BCUT2D eigenvalue weighted by Crippen LogP contribution is 2.68. The van der Waals surface area contributed by atoms with Gasteiger partial charge in [-0.2, -0.15) is 0 Å². The minimum absolute atomic E-state index is 0.00224. The summed E-state index contributed by atoms with van der Waals surface area (Å²) in [5.41, 5.74) is 1.49. The second-order valence-corrected chi connectivity index (χ2v) is 14.7. The third-order valence-corrected chi connectivity index (χ3v) is 12.3. The quantitative estimate of drug-likeness (QED) is 0.148. The Morgan fingerprint density at radius 1 is 1.19 bits per heavy atom. The van der Waals surface area contributed by atoms with Gasteiger partial charge in [0.15, 0.2) is 0 Å². The van der Waals surface area contributed by atoms with Gasteiger partial charge in [-0.05, 0) is 44.2 Å². The first-order valence-electron chi connectivity index (χ1n) is 15.0. The molecule has 0 aliphatic carbocycles. The predicted octanol–water partition coefficient (Wildman–Crippen LogP) is 5.61. The molecule has 230 valence electrons. The number of thioether (sulfide) groups is 1. The average Bonchev–Trinajstić information content (AvgIpc) is 3.54. The van der Waals surface area contributed by atoms with Gasteiger partial charge in [0.05, 0.1) is 27.3 Å². The molecule has 1 spiro atoms. The van der Waals surface area contributed by atoms with Crippen molar-refractivity contribution in [2.75, 3.05) is 37.7 Å². The zero-order valence-corrected chi connectivity index (χ0v) is 27.8. The molecule has 42 heavy (non-hydrogen) atoms. The molecule has 3 fully saturated rings. The lowest BCUT2D eigenvalue weighted by molar-refractivity contribution is -0.143. The molecule has 0 radical (unpaired) electrons. The number of likely N-dealkylation sites (tertiary alicyclic amines) is 1. The van der Waals surface area contributed by atoms with E-state index in [9.17, 15) is 19.5 Å². The molecule has 0 aromatic heterocycles. The van der Waals surface area contributed by atoms with Crippen LogP contribution in [-0.2, 0) is 14.4 Å². The normalized spacial score (nSPS) is 27.7. The fraction of sp³-hybridized carbons (Fsp3) is 0.594. The van der Waals surface area contributed by atoms with Crippen LogP contribution in [0.25, 0.3) is 0 Å². The van der Waals surface area contributed by atoms with E-state index >= 15 is 0 Å². The molecular formula is C32H43BrClN3O4S. The number of carbonyl (C=O) groups excluding carboxylic acids is 3. The molecule has 1 aromatic rings. The van der Waals surface area contributed by atoms with Gasteiger partial charge in [-0.3, -0.25) is 14.4 Å². The van der Waals surface area contributed by atoms with E-state index in [1.807, 2.05) is 30.9 Å². The number of fused-ring (bicyclic) bond motifs is 1. The Hall–Kier alpha value is -1.81. The molecule has 2 bridgehead atoms. The number of hydrogen-bond donors (Lipinski definition) is 1. The molecule has 7 nitrogen and oxygen atoms in total. The van der Waals surface area contributed by atoms with Crippen molar-refractivity contribution in [2.24, 2.45) is 11.8 Å². The number of nitrogens with zero attached hydrogens (tertiary/aromatic N) is 3. The monoisotopic (exact) mass is 679 g/mol. The van der Waals surface area contributed by atoms with Crippen LogP contribution < -0.4 is 4.90 Å². The highest BCUT2D eigenvalue weighted by molar-refractivity contribution is 9.09. The second-order valence-electron chi connectivity index (χ2n) is 11.5. The first-order chi connectivity index (χ1) is 20.2. The maximum Gasteiger partial charge on any atom is 0.251 e. The number of anilines is 1. The average molecular weight is 681 g/mol. The zero-order chi connectivity index (χ0) is 30.6. The predicted molar refractivity (Wildman–Crippen MR) is 175 cm³/mol. The molecule has 4 rings (SSSR count). The maximum atomic E-state index is 14.8. The summed E-state index contributed by atoms with van der Waals surface area (Å²) in [6, 6.07) is 4.81. The Balaban J connectivity index is 1.78. The minimum atomic E-state index is -0.740. The van der Waals surface area contributed by atoms with Crippen molar-refractivity contribution >= 4 is 62.7 Å². The largest absolute Gasteiger partial charge is 0.396 e. The van der Waals surface area contributed by atoms with Crippen LogP contribution in [0.15, 0.2) is 43.5 Å². The molecular weight excluding hydrogens is 638 g/mol. The van der Waals surface area contributed by atoms with Crippen LogP contribution in [0.1, 0.15) is 51.0 Å². The third kappa shape index (κ3) is 5.95. The Bertz CT molecular complexity index is 1180. The summed E-state index contributed by atoms with van der Waals surface area (Å²) in [6.07, 6.45) is 7.96. The topological polar surface area (TPSA) is 81.2 Å². The van der Waals surface area contributed by atoms with Crippen molar-refractivity contribution < 1.29 is 19.5 Å². The van der Waals surface area contributed by atoms with Gasteiger partial charge in [0, 0.05) is 42.9 Å². The van der Waals surface area contributed by atoms with Crippen LogP contribution in [0, 0.1) is 18.8 Å². The van der Waals surface area contributed by atoms with E-state index in [-0.39, 0.29) is 41.0 Å². The van der Waals surface area contributed by atoms with Gasteiger partial charge in [-0.15, -0.1) is 24.9 Å². The van der Waals surface area contributed by atoms with Crippen LogP contribution in [0.4, 0.5) is 5.69 Å². The molecule has 3 unspecified atom stereocenters. The summed E-state index contributed by atoms with van der Waals surface area (Å²) >= 11 is 12.2. The minimum Gasteiger partial charge on any atom is -0.396 e. The van der Waals surface area contributed by atoms with E-state index in [4.69, 9.17) is 11.6 Å². The SMILES string of the molecule is C=CCN(CCC)C(=O)[C@H]1[C@@H]2SC3(CC2Br)C(C(=O)N(CC=C)c2c(C)cccc2Cl)N(CCCCCCO)C(=O)[C@H]13. The van der Waals surface area contributed by atoms with E-state index in [2.05, 4.69) is 29.1 Å². The summed E-state index contributed by atoms with van der Waals surface area (Å²) in [4.78, 5) is 48.7. The fourth-order valence-electron chi connectivity index (χ4n) is 7.14. The number of rotatable bonds is 15. The Labute approximate surface area is 267 Å². The molecule has 3 aliphatic heterocycles. The molecule has 1 aromatic carbocycles. The zero-order valence-electron chi connectivity index (χ0n) is 24.6. The van der Waals surface area contributed by atoms with Gasteiger partial charge in [-0.25, -0.2) is 0 Å². The molecule has 6 atom stereocenters. The number of alkyl halides is 1. The van der Waals surface area contributed by atoms with E-state index in [0.717, 1.165) is 24.8 Å². The first kappa shape index (κ1) is 33.1. The van der Waals surface area contributed by atoms with Gasteiger partial charge in [0.2, 0.25) is 11.8 Å². The third-order valence-electron chi connectivity index (χ3n) is 8.81. The lowest BCUT2D eigenvalue weighted by Crippen LogP contribution is -2.56. The molecule has 10 heteroatoms. The number of aliphatic hydroxyl groups excluding tert-OH is 1. The smallest absolute Gasteiger partial charge is 0.251 e. The molecule has 3 heterocycles. The van der Waals surface area contributed by atoms with Crippen LogP contribution in [0.3, 0.4) is 0 Å². The summed E-state index contributed by atoms with van der Waals surface area (Å²) in [7, 11) is 0. The summed E-state index contributed by atoms with van der Waals surface area (Å²) in [5.74, 6) is -1.42. The molecule has 3 amide bonds. The Morgan fingerprint density at radius 3 is 2.55 bits per heavy atom. The van der Waals surface area contributed by atoms with E-state index in [1.54, 1.807) is 39.8 Å². The van der Waals surface area contributed by atoms with Gasteiger partial charge in [0.25, 0.3) is 5.91 Å². The number of amides is 3. The number of aliphatic hydroxyl groups is 1. The number of unbranched alkanes of at least 4 members (excludes halogenated alkanes) is 3. The highest BCUT2D eigenvalue weighted by atomic mass is 79.9. The molecule has 3 saturated heterocycles. The van der Waals surface area contributed by atoms with Crippen LogP contribution in [0.5, 0.6) is 0 Å². The number of benzene rings is 1. The van der Waals surface area contributed by atoms with Gasteiger partial charge >= 0.3 is 0 Å². The number of carbonyl (C=O) groups is 3. The van der Waals surface area contributed by atoms with Crippen LogP contribution in [-0.4, -0.2) is 86.3 Å². The molecule has 0 saturated carbocycles. The molecule has 3 aliphatic rings. The van der Waals surface area contributed by atoms with E-state index in [0.29, 0.717) is 49.6 Å². The van der Waals surface area contributed by atoms with Crippen LogP contribution >= 0.6 is 39.3 Å². The summed E-state index contributed by atoms with van der Waals surface area (Å²) in [6.45, 7) is 13.5. The lowest BCUT2D eigenvalue weighted by atomic mass is 9.70. The van der Waals surface area contributed by atoms with Crippen molar-refractivity contribution in [1.82, 2.24) is 9.80 Å². The van der Waals surface area contributed by atoms with Crippen molar-refractivity contribution in [3.8, 4) is 0 Å². The highest BCUT2D eigenvalue weighted by Gasteiger charge is 2.76. The van der Waals surface area contributed by atoms with Gasteiger partial charge < -0.3 is 19.8 Å². The number of hydrogen-bond acceptors (Lipinski definition) is 5. The molecule has 1 N–H and O–H groups in total. The van der Waals surface area contributed by atoms with Gasteiger partial charge in [-0.1, -0.05) is 71.6 Å². The number of aryl methyl sites for hydroxylation is 1.